The summed E-state index contributed by atoms with van der Waals surface area (Å²) >= 11 is 0. The van der Waals surface area contributed by atoms with Gasteiger partial charge in [-0.05, 0) is 36.1 Å². The molecule has 3 heteroatoms. The Kier molecular flexibility index (Phi) is 7.51. The fourth-order valence-electron chi connectivity index (χ4n) is 2.44. The second kappa shape index (κ2) is 10.1. The van der Waals surface area contributed by atoms with Crippen molar-refractivity contribution in [1.29, 1.82) is 0 Å². The van der Waals surface area contributed by atoms with Crippen molar-refractivity contribution in [2.45, 2.75) is 32.0 Å². The molecule has 2 rings (SSSR count). The Labute approximate surface area is 149 Å². The summed E-state index contributed by atoms with van der Waals surface area (Å²) in [7, 11) is 0. The normalized spacial score (nSPS) is 11.4. The van der Waals surface area contributed by atoms with Gasteiger partial charge in [-0.2, -0.15) is 0 Å². The zero-order valence-corrected chi connectivity index (χ0v) is 14.4. The Bertz CT molecular complexity index is 674. The van der Waals surface area contributed by atoms with E-state index in [0.29, 0.717) is 13.0 Å². The molecule has 3 nitrogen and oxygen atoms in total. The molecular formula is C22H24O3. The number of carbonyl (C=O) groups is 1. The first kappa shape index (κ1) is 18.5. The zero-order valence-electron chi connectivity index (χ0n) is 14.4. The Morgan fingerprint density at radius 2 is 1.72 bits per heavy atom. The zero-order chi connectivity index (χ0) is 17.9. The maximum atomic E-state index is 11.4. The molecule has 0 fully saturated rings. The number of hydrogen-bond donors (Lipinski definition) is 0. The third-order valence-electron chi connectivity index (χ3n) is 3.81. The minimum Gasteiger partial charge on any atom is -0.489 e. The molecule has 0 unspecified atom stereocenters. The predicted molar refractivity (Wildman–Crippen MR) is 100 cm³/mol. The SMILES string of the molecule is C=CC[C@H](CCc1ccc(OCc2ccccc2)cc1)OC(=O)C=C. The van der Waals surface area contributed by atoms with Gasteiger partial charge in [0, 0.05) is 12.5 Å². The fourth-order valence-corrected chi connectivity index (χ4v) is 2.44. The molecule has 0 aliphatic carbocycles. The van der Waals surface area contributed by atoms with Gasteiger partial charge in [-0.25, -0.2) is 4.79 Å². The van der Waals surface area contributed by atoms with Gasteiger partial charge in [0.25, 0.3) is 0 Å². The van der Waals surface area contributed by atoms with Crippen LogP contribution in [0.3, 0.4) is 0 Å². The summed E-state index contributed by atoms with van der Waals surface area (Å²) in [5.74, 6) is 0.449. The fraction of sp³-hybridized carbons (Fsp3) is 0.227. The highest BCUT2D eigenvalue weighted by Gasteiger charge is 2.11. The molecule has 0 aliphatic heterocycles. The molecule has 0 aliphatic rings. The van der Waals surface area contributed by atoms with Crippen LogP contribution >= 0.6 is 0 Å². The number of aryl methyl sites for hydroxylation is 1. The van der Waals surface area contributed by atoms with E-state index in [2.05, 4.69) is 13.2 Å². The van der Waals surface area contributed by atoms with Crippen LogP contribution in [0.4, 0.5) is 0 Å². The van der Waals surface area contributed by atoms with Crippen LogP contribution in [0.1, 0.15) is 24.0 Å². The lowest BCUT2D eigenvalue weighted by Crippen LogP contribution is -2.17. The number of carbonyl (C=O) groups excluding carboxylic acids is 1. The summed E-state index contributed by atoms with van der Waals surface area (Å²) in [6, 6.07) is 18.1. The number of esters is 1. The lowest BCUT2D eigenvalue weighted by atomic mass is 10.0. The van der Waals surface area contributed by atoms with Gasteiger partial charge < -0.3 is 9.47 Å². The van der Waals surface area contributed by atoms with Crippen molar-refractivity contribution in [2.24, 2.45) is 0 Å². The minimum absolute atomic E-state index is 0.169. The number of ether oxygens (including phenoxy) is 2. The van der Waals surface area contributed by atoms with Crippen LogP contribution in [0.5, 0.6) is 5.75 Å². The number of rotatable bonds is 10. The quantitative estimate of drug-likeness (QED) is 0.353. The van der Waals surface area contributed by atoms with Crippen molar-refractivity contribution < 1.29 is 14.3 Å². The Morgan fingerprint density at radius 3 is 2.36 bits per heavy atom. The molecule has 0 saturated carbocycles. The summed E-state index contributed by atoms with van der Waals surface area (Å²) in [5, 5.41) is 0. The second-order valence-corrected chi connectivity index (χ2v) is 5.74. The van der Waals surface area contributed by atoms with Crippen LogP contribution in [-0.2, 0) is 22.6 Å². The van der Waals surface area contributed by atoms with Crippen molar-refractivity contribution in [3.63, 3.8) is 0 Å². The van der Waals surface area contributed by atoms with Crippen LogP contribution in [0.15, 0.2) is 79.9 Å². The molecule has 130 valence electrons. The van der Waals surface area contributed by atoms with Gasteiger partial charge in [0.1, 0.15) is 18.5 Å². The summed E-state index contributed by atoms with van der Waals surface area (Å²) in [5.41, 5.74) is 2.32. The van der Waals surface area contributed by atoms with Crippen molar-refractivity contribution >= 4 is 5.97 Å². The molecule has 0 aromatic heterocycles. The minimum atomic E-state index is -0.392. The van der Waals surface area contributed by atoms with Gasteiger partial charge in [-0.3, -0.25) is 0 Å². The lowest BCUT2D eigenvalue weighted by molar-refractivity contribution is -0.143. The molecule has 0 spiro atoms. The van der Waals surface area contributed by atoms with Crippen molar-refractivity contribution in [3.8, 4) is 5.75 Å². The molecular weight excluding hydrogens is 312 g/mol. The first-order chi connectivity index (χ1) is 12.2. The van der Waals surface area contributed by atoms with Crippen molar-refractivity contribution in [2.75, 3.05) is 0 Å². The molecule has 25 heavy (non-hydrogen) atoms. The van der Waals surface area contributed by atoms with E-state index in [4.69, 9.17) is 9.47 Å². The molecule has 0 bridgehead atoms. The molecule has 2 aromatic rings. The molecule has 0 radical (unpaired) electrons. The van der Waals surface area contributed by atoms with Gasteiger partial charge >= 0.3 is 5.97 Å². The molecule has 0 heterocycles. The molecule has 2 aromatic carbocycles. The van der Waals surface area contributed by atoms with E-state index in [-0.39, 0.29) is 6.10 Å². The van der Waals surface area contributed by atoms with Crippen molar-refractivity contribution in [1.82, 2.24) is 0 Å². The van der Waals surface area contributed by atoms with Crippen LogP contribution in [-0.4, -0.2) is 12.1 Å². The van der Waals surface area contributed by atoms with E-state index >= 15 is 0 Å². The molecule has 1 atom stereocenters. The highest BCUT2D eigenvalue weighted by molar-refractivity contribution is 5.81. The summed E-state index contributed by atoms with van der Waals surface area (Å²) in [6.07, 6.45) is 4.99. The maximum Gasteiger partial charge on any atom is 0.330 e. The summed E-state index contributed by atoms with van der Waals surface area (Å²) < 4.78 is 11.1. The molecule has 0 amide bonds. The van der Waals surface area contributed by atoms with Gasteiger partial charge in [0.05, 0.1) is 0 Å². The van der Waals surface area contributed by atoms with E-state index in [1.807, 2.05) is 54.6 Å². The van der Waals surface area contributed by atoms with Gasteiger partial charge in [0.2, 0.25) is 0 Å². The molecule has 0 N–H and O–H groups in total. The smallest absolute Gasteiger partial charge is 0.330 e. The largest absolute Gasteiger partial charge is 0.489 e. The average Bonchev–Trinajstić information content (AvgIpc) is 2.66. The number of benzene rings is 2. The Balaban J connectivity index is 1.83. The predicted octanol–water partition coefficient (Wildman–Crippen LogP) is 4.87. The average molecular weight is 336 g/mol. The van der Waals surface area contributed by atoms with Crippen LogP contribution in [0.2, 0.25) is 0 Å². The van der Waals surface area contributed by atoms with Gasteiger partial charge in [0.15, 0.2) is 0 Å². The van der Waals surface area contributed by atoms with Crippen molar-refractivity contribution in [3.05, 3.63) is 91.0 Å². The first-order valence-electron chi connectivity index (χ1n) is 8.41. The van der Waals surface area contributed by atoms with E-state index in [9.17, 15) is 4.79 Å². The van der Waals surface area contributed by atoms with Crippen LogP contribution in [0.25, 0.3) is 0 Å². The van der Waals surface area contributed by atoms with Crippen LogP contribution < -0.4 is 4.74 Å². The Morgan fingerprint density at radius 1 is 1.00 bits per heavy atom. The first-order valence-corrected chi connectivity index (χ1v) is 8.41. The summed E-state index contributed by atoms with van der Waals surface area (Å²) in [4.78, 5) is 11.4. The third-order valence-corrected chi connectivity index (χ3v) is 3.81. The highest BCUT2D eigenvalue weighted by atomic mass is 16.5. The maximum absolute atomic E-state index is 11.4. The summed E-state index contributed by atoms with van der Waals surface area (Å²) in [6.45, 7) is 7.69. The molecule has 0 saturated heterocycles. The van der Waals surface area contributed by atoms with E-state index in [0.717, 1.165) is 24.2 Å². The Hall–Kier alpha value is -2.81. The monoisotopic (exact) mass is 336 g/mol. The second-order valence-electron chi connectivity index (χ2n) is 5.74. The van der Waals surface area contributed by atoms with Crippen LogP contribution in [0, 0.1) is 0 Å². The standard InChI is InChI=1S/C22H24O3/c1-3-8-21(25-22(23)4-2)16-13-18-11-14-20(15-12-18)24-17-19-9-6-5-7-10-19/h3-7,9-12,14-15,21H,1-2,8,13,16-17H2/t21-/m1/s1. The third kappa shape index (κ3) is 6.68. The topological polar surface area (TPSA) is 35.5 Å². The van der Waals surface area contributed by atoms with E-state index in [1.54, 1.807) is 6.08 Å². The highest BCUT2D eigenvalue weighted by Crippen LogP contribution is 2.17. The lowest BCUT2D eigenvalue weighted by Gasteiger charge is -2.15. The van der Waals surface area contributed by atoms with E-state index < -0.39 is 5.97 Å². The van der Waals surface area contributed by atoms with Gasteiger partial charge in [-0.15, -0.1) is 6.58 Å². The van der Waals surface area contributed by atoms with E-state index in [1.165, 1.54) is 11.6 Å². The van der Waals surface area contributed by atoms with Gasteiger partial charge in [-0.1, -0.05) is 55.1 Å². The number of hydrogen-bond acceptors (Lipinski definition) is 3.